The zero-order chi connectivity index (χ0) is 15.3. The number of amides is 1. The van der Waals surface area contributed by atoms with Gasteiger partial charge < -0.3 is 10.4 Å². The number of carbonyl (C=O) groups is 2. The maximum Gasteiger partial charge on any atom is 0.305 e. The van der Waals surface area contributed by atoms with E-state index in [9.17, 15) is 9.59 Å². The maximum atomic E-state index is 12.1. The first kappa shape index (κ1) is 16.7. The first-order valence-corrected chi connectivity index (χ1v) is 7.25. The van der Waals surface area contributed by atoms with Crippen molar-refractivity contribution in [1.29, 1.82) is 0 Å². The van der Waals surface area contributed by atoms with Crippen molar-refractivity contribution in [2.75, 3.05) is 0 Å². The number of rotatable bonds is 5. The Bertz CT molecular complexity index is 494. The van der Waals surface area contributed by atoms with E-state index in [1.165, 1.54) is 0 Å². The average Bonchev–Trinajstić information content (AvgIpc) is 2.25. The second-order valence-electron chi connectivity index (χ2n) is 6.04. The summed E-state index contributed by atoms with van der Waals surface area (Å²) in [6.07, 6.45) is 0.538. The lowest BCUT2D eigenvalue weighted by Gasteiger charge is -2.25. The summed E-state index contributed by atoms with van der Waals surface area (Å²) in [5, 5.41) is 11.8. The van der Waals surface area contributed by atoms with Crippen molar-refractivity contribution >= 4 is 27.8 Å². The Kier molecular flexibility index (Phi) is 5.74. The van der Waals surface area contributed by atoms with Gasteiger partial charge in [0.15, 0.2) is 0 Å². The number of hydrogen-bond acceptors (Lipinski definition) is 2. The Morgan fingerprint density at radius 2 is 2.00 bits per heavy atom. The number of benzene rings is 1. The van der Waals surface area contributed by atoms with E-state index in [2.05, 4.69) is 21.2 Å². The summed E-state index contributed by atoms with van der Waals surface area (Å²) in [5.41, 5.74) is 0.466. The van der Waals surface area contributed by atoms with Gasteiger partial charge in [0.2, 0.25) is 0 Å². The molecule has 1 atom stereocenters. The molecule has 1 unspecified atom stereocenters. The molecule has 0 fully saturated rings. The van der Waals surface area contributed by atoms with Gasteiger partial charge in [0.25, 0.3) is 5.91 Å². The highest BCUT2D eigenvalue weighted by molar-refractivity contribution is 9.10. The fourth-order valence-electron chi connectivity index (χ4n) is 2.02. The van der Waals surface area contributed by atoms with Crippen molar-refractivity contribution in [2.45, 2.75) is 39.7 Å². The van der Waals surface area contributed by atoms with Crippen molar-refractivity contribution in [3.63, 3.8) is 0 Å². The van der Waals surface area contributed by atoms with Crippen molar-refractivity contribution < 1.29 is 14.7 Å². The van der Waals surface area contributed by atoms with Gasteiger partial charge in [0.1, 0.15) is 0 Å². The predicted molar refractivity (Wildman–Crippen MR) is 81.7 cm³/mol. The summed E-state index contributed by atoms with van der Waals surface area (Å²) in [6.45, 7) is 6.06. The quantitative estimate of drug-likeness (QED) is 0.861. The highest BCUT2D eigenvalue weighted by Gasteiger charge is 2.23. The zero-order valence-electron chi connectivity index (χ0n) is 11.9. The minimum Gasteiger partial charge on any atom is -0.481 e. The molecule has 0 saturated carbocycles. The smallest absolute Gasteiger partial charge is 0.305 e. The molecule has 20 heavy (non-hydrogen) atoms. The summed E-state index contributed by atoms with van der Waals surface area (Å²) in [5.74, 6) is -1.16. The number of hydrogen-bond donors (Lipinski definition) is 2. The molecular weight excluding hydrogens is 322 g/mol. The number of halogens is 1. The van der Waals surface area contributed by atoms with E-state index in [-0.39, 0.29) is 23.8 Å². The van der Waals surface area contributed by atoms with E-state index in [4.69, 9.17) is 5.11 Å². The molecule has 0 aliphatic rings. The molecule has 0 saturated heterocycles. The Morgan fingerprint density at radius 1 is 1.35 bits per heavy atom. The zero-order valence-corrected chi connectivity index (χ0v) is 13.5. The first-order valence-electron chi connectivity index (χ1n) is 6.45. The normalized spacial score (nSPS) is 12.8. The van der Waals surface area contributed by atoms with Crippen LogP contribution >= 0.6 is 15.9 Å². The van der Waals surface area contributed by atoms with Crippen LogP contribution in [-0.2, 0) is 4.79 Å². The lowest BCUT2D eigenvalue weighted by atomic mass is 9.87. The molecule has 4 nitrogen and oxygen atoms in total. The Morgan fingerprint density at radius 3 is 2.50 bits per heavy atom. The molecule has 1 rings (SSSR count). The maximum absolute atomic E-state index is 12.1. The minimum absolute atomic E-state index is 0.0509. The lowest BCUT2D eigenvalue weighted by Crippen LogP contribution is -2.39. The molecule has 0 heterocycles. The van der Waals surface area contributed by atoms with Crippen LogP contribution in [0.3, 0.4) is 0 Å². The predicted octanol–water partition coefficient (Wildman–Crippen LogP) is 3.46. The van der Waals surface area contributed by atoms with E-state index in [0.29, 0.717) is 12.0 Å². The highest BCUT2D eigenvalue weighted by Crippen LogP contribution is 2.22. The standard InChI is InChI=1S/C15H20BrNO3/c1-15(2,3)9-12(8-13(18)19)17-14(20)10-5-4-6-11(16)7-10/h4-7,12H,8-9H2,1-3H3,(H,17,20)(H,18,19). The number of carboxylic acid groups (broad SMARTS) is 1. The lowest BCUT2D eigenvalue weighted by molar-refractivity contribution is -0.137. The van der Waals surface area contributed by atoms with Gasteiger partial charge in [0.05, 0.1) is 6.42 Å². The molecule has 0 radical (unpaired) electrons. The van der Waals surface area contributed by atoms with Crippen LogP contribution in [0.25, 0.3) is 0 Å². The van der Waals surface area contributed by atoms with Crippen molar-refractivity contribution in [3.8, 4) is 0 Å². The van der Waals surface area contributed by atoms with Gasteiger partial charge in [0, 0.05) is 16.1 Å². The van der Waals surface area contributed by atoms with Gasteiger partial charge in [-0.2, -0.15) is 0 Å². The average molecular weight is 342 g/mol. The third kappa shape index (κ3) is 6.19. The molecule has 1 aromatic carbocycles. The van der Waals surface area contributed by atoms with E-state index in [1.807, 2.05) is 26.8 Å². The van der Waals surface area contributed by atoms with E-state index < -0.39 is 5.97 Å². The minimum atomic E-state index is -0.909. The molecule has 110 valence electrons. The third-order valence-corrected chi connectivity index (χ3v) is 3.20. The molecule has 0 aliphatic carbocycles. The van der Waals surface area contributed by atoms with Crippen LogP contribution in [0.4, 0.5) is 0 Å². The molecule has 0 bridgehead atoms. The van der Waals surface area contributed by atoms with Gasteiger partial charge in [-0.15, -0.1) is 0 Å². The summed E-state index contributed by atoms with van der Waals surface area (Å²) in [7, 11) is 0. The topological polar surface area (TPSA) is 66.4 Å². The van der Waals surface area contributed by atoms with Crippen LogP contribution in [-0.4, -0.2) is 23.0 Å². The van der Waals surface area contributed by atoms with Crippen molar-refractivity contribution in [3.05, 3.63) is 34.3 Å². The van der Waals surface area contributed by atoms with E-state index in [0.717, 1.165) is 4.47 Å². The Hall–Kier alpha value is -1.36. The Balaban J connectivity index is 2.78. The second kappa shape index (κ2) is 6.88. The van der Waals surface area contributed by atoms with Gasteiger partial charge in [-0.3, -0.25) is 9.59 Å². The summed E-state index contributed by atoms with van der Waals surface area (Å²) >= 11 is 3.31. The summed E-state index contributed by atoms with van der Waals surface area (Å²) in [4.78, 5) is 23.1. The highest BCUT2D eigenvalue weighted by atomic mass is 79.9. The molecule has 1 aromatic rings. The molecule has 2 N–H and O–H groups in total. The van der Waals surface area contributed by atoms with Crippen LogP contribution in [0.1, 0.15) is 44.0 Å². The van der Waals surface area contributed by atoms with Gasteiger partial charge >= 0.3 is 5.97 Å². The second-order valence-corrected chi connectivity index (χ2v) is 6.96. The van der Waals surface area contributed by atoms with Crippen LogP contribution < -0.4 is 5.32 Å². The van der Waals surface area contributed by atoms with Crippen LogP contribution in [0, 0.1) is 5.41 Å². The SMILES string of the molecule is CC(C)(C)CC(CC(=O)O)NC(=O)c1cccc(Br)c1. The third-order valence-electron chi connectivity index (χ3n) is 2.70. The monoisotopic (exact) mass is 341 g/mol. The first-order chi connectivity index (χ1) is 9.17. The number of nitrogens with one attached hydrogen (secondary N) is 1. The van der Waals surface area contributed by atoms with Gasteiger partial charge in [-0.25, -0.2) is 0 Å². The van der Waals surface area contributed by atoms with E-state index >= 15 is 0 Å². The summed E-state index contributed by atoms with van der Waals surface area (Å²) < 4.78 is 0.816. The molecular formula is C15H20BrNO3. The number of aliphatic carboxylic acids is 1. The molecule has 1 amide bonds. The van der Waals surface area contributed by atoms with Gasteiger partial charge in [-0.05, 0) is 30.0 Å². The number of carboxylic acids is 1. The molecule has 5 heteroatoms. The van der Waals surface area contributed by atoms with Gasteiger partial charge in [-0.1, -0.05) is 42.8 Å². The van der Waals surface area contributed by atoms with Crippen molar-refractivity contribution in [2.24, 2.45) is 5.41 Å². The van der Waals surface area contributed by atoms with Crippen molar-refractivity contribution in [1.82, 2.24) is 5.32 Å². The molecule has 0 aliphatic heterocycles. The molecule has 0 spiro atoms. The van der Waals surface area contributed by atoms with Crippen LogP contribution in [0.2, 0.25) is 0 Å². The Labute approximate surface area is 127 Å². The van der Waals surface area contributed by atoms with Crippen LogP contribution in [0.5, 0.6) is 0 Å². The van der Waals surface area contributed by atoms with Crippen LogP contribution in [0.15, 0.2) is 28.7 Å². The fourth-order valence-corrected chi connectivity index (χ4v) is 2.42. The van der Waals surface area contributed by atoms with E-state index in [1.54, 1.807) is 18.2 Å². The largest absolute Gasteiger partial charge is 0.481 e. The number of carbonyl (C=O) groups excluding carboxylic acids is 1. The fraction of sp³-hybridized carbons (Fsp3) is 0.467. The summed E-state index contributed by atoms with van der Waals surface area (Å²) in [6, 6.07) is 6.65. The molecule has 0 aromatic heterocycles.